The summed E-state index contributed by atoms with van der Waals surface area (Å²) in [7, 11) is 0. The van der Waals surface area contributed by atoms with Gasteiger partial charge in [0.15, 0.2) is 0 Å². The summed E-state index contributed by atoms with van der Waals surface area (Å²) in [6.07, 6.45) is 1.39. The van der Waals surface area contributed by atoms with E-state index in [4.69, 9.17) is 0 Å². The van der Waals surface area contributed by atoms with Crippen molar-refractivity contribution >= 4 is 11.6 Å². The molecule has 11 heavy (non-hydrogen) atoms. The van der Waals surface area contributed by atoms with Crippen LogP contribution in [0.2, 0.25) is 0 Å². The van der Waals surface area contributed by atoms with Gasteiger partial charge in [0.05, 0.1) is 6.42 Å². The summed E-state index contributed by atoms with van der Waals surface area (Å²) in [4.78, 5) is 21.3. The third kappa shape index (κ3) is 3.91. The largest absolute Gasteiger partial charge is 0.299 e. The second kappa shape index (κ2) is 5.05. The Morgan fingerprint density at radius 2 is 1.45 bits per heavy atom. The van der Waals surface area contributed by atoms with Crippen LogP contribution in [0.15, 0.2) is 0 Å². The van der Waals surface area contributed by atoms with E-state index in [1.807, 2.05) is 6.92 Å². The zero-order chi connectivity index (χ0) is 6.85. The highest BCUT2D eigenvalue weighted by molar-refractivity contribution is 6.01. The van der Waals surface area contributed by atoms with Crippen molar-refractivity contribution in [3.63, 3.8) is 0 Å². The first kappa shape index (κ1) is 13.0. The molecule has 1 saturated carbocycles. The predicted molar refractivity (Wildman–Crippen MR) is 46.5 cm³/mol. The summed E-state index contributed by atoms with van der Waals surface area (Å²) in [6.45, 7) is 1.94. The summed E-state index contributed by atoms with van der Waals surface area (Å²) < 4.78 is 0. The molecule has 0 aliphatic heterocycles. The van der Waals surface area contributed by atoms with Crippen LogP contribution < -0.4 is 0 Å². The maximum atomic E-state index is 10.7. The van der Waals surface area contributed by atoms with Gasteiger partial charge in [-0.25, -0.2) is 0 Å². The lowest BCUT2D eigenvalue weighted by Gasteiger charge is -2.13. The Labute approximate surface area is 69.0 Å². The molecule has 2 nitrogen and oxygen atoms in total. The van der Waals surface area contributed by atoms with Crippen LogP contribution in [0, 0.1) is 5.92 Å². The van der Waals surface area contributed by atoms with Crippen LogP contribution in [0.4, 0.5) is 0 Å². The maximum Gasteiger partial charge on any atom is 0.140 e. The molecule has 1 aliphatic rings. The molecule has 0 atom stereocenters. The van der Waals surface area contributed by atoms with Gasteiger partial charge >= 0.3 is 0 Å². The first-order valence-corrected chi connectivity index (χ1v) is 3.22. The Hall–Kier alpha value is -0.660. The maximum absolute atomic E-state index is 10.7. The smallest absolute Gasteiger partial charge is 0.140 e. The first-order valence-electron chi connectivity index (χ1n) is 3.22. The van der Waals surface area contributed by atoms with Gasteiger partial charge in [0.25, 0.3) is 0 Å². The average Bonchev–Trinajstić information content (AvgIpc) is 1.59. The van der Waals surface area contributed by atoms with Crippen molar-refractivity contribution in [2.75, 3.05) is 0 Å². The summed E-state index contributed by atoms with van der Waals surface area (Å²) in [5.41, 5.74) is 0. The highest BCUT2D eigenvalue weighted by Gasteiger charge is 2.21. The molecule has 0 aromatic heterocycles. The Kier molecular flexibility index (Phi) is 5.96. The van der Waals surface area contributed by atoms with Crippen LogP contribution in [-0.2, 0) is 9.59 Å². The molecule has 0 amide bonds. The molecule has 1 rings (SSSR count). The lowest BCUT2D eigenvalue weighted by molar-refractivity contribution is -0.130. The highest BCUT2D eigenvalue weighted by Crippen LogP contribution is 2.16. The SMILES string of the molecule is C.C.CC1CC(=O)CC(=O)C1. The van der Waals surface area contributed by atoms with E-state index in [-0.39, 0.29) is 32.8 Å². The number of ketones is 2. The van der Waals surface area contributed by atoms with Crippen molar-refractivity contribution in [1.29, 1.82) is 0 Å². The van der Waals surface area contributed by atoms with Crippen molar-refractivity contribution in [2.24, 2.45) is 5.92 Å². The molecular weight excluding hydrogens is 140 g/mol. The number of rotatable bonds is 0. The van der Waals surface area contributed by atoms with E-state index in [9.17, 15) is 9.59 Å². The van der Waals surface area contributed by atoms with Gasteiger partial charge in [0, 0.05) is 12.8 Å². The Morgan fingerprint density at radius 3 is 1.73 bits per heavy atom. The Bertz CT molecular complexity index is 134. The number of hydrogen-bond donors (Lipinski definition) is 0. The lowest BCUT2D eigenvalue weighted by atomic mass is 9.89. The molecule has 0 radical (unpaired) electrons. The van der Waals surface area contributed by atoms with E-state index in [1.54, 1.807) is 0 Å². The van der Waals surface area contributed by atoms with Gasteiger partial charge in [-0.05, 0) is 5.92 Å². The number of carbonyl (C=O) groups is 2. The Balaban J connectivity index is 0. The van der Waals surface area contributed by atoms with Crippen LogP contribution in [0.5, 0.6) is 0 Å². The minimum absolute atomic E-state index is 0. The minimum Gasteiger partial charge on any atom is -0.299 e. The summed E-state index contributed by atoms with van der Waals surface area (Å²) in [6, 6.07) is 0. The molecule has 0 unspecified atom stereocenters. The molecule has 2 heteroatoms. The number of Topliss-reactive ketones (excluding diaryl/α,β-unsaturated/α-hetero) is 2. The fourth-order valence-electron chi connectivity index (χ4n) is 1.21. The van der Waals surface area contributed by atoms with Crippen LogP contribution in [0.25, 0.3) is 0 Å². The van der Waals surface area contributed by atoms with Crippen LogP contribution in [-0.4, -0.2) is 11.6 Å². The van der Waals surface area contributed by atoms with E-state index in [0.29, 0.717) is 18.8 Å². The van der Waals surface area contributed by atoms with E-state index in [1.165, 1.54) is 0 Å². The van der Waals surface area contributed by atoms with Gasteiger partial charge in [0.2, 0.25) is 0 Å². The van der Waals surface area contributed by atoms with E-state index >= 15 is 0 Å². The molecule has 1 aliphatic carbocycles. The summed E-state index contributed by atoms with van der Waals surface area (Å²) in [5, 5.41) is 0. The quantitative estimate of drug-likeness (QED) is 0.506. The molecule has 1 fully saturated rings. The summed E-state index contributed by atoms with van der Waals surface area (Å²) >= 11 is 0. The van der Waals surface area contributed by atoms with Gasteiger partial charge in [-0.3, -0.25) is 9.59 Å². The van der Waals surface area contributed by atoms with E-state index in [0.717, 1.165) is 0 Å². The second-order valence-corrected chi connectivity index (χ2v) is 2.77. The van der Waals surface area contributed by atoms with Gasteiger partial charge < -0.3 is 0 Å². The number of hydrogen-bond acceptors (Lipinski definition) is 2. The second-order valence-electron chi connectivity index (χ2n) is 2.77. The summed E-state index contributed by atoms with van der Waals surface area (Å²) in [5.74, 6) is 0.510. The van der Waals surface area contributed by atoms with Crippen LogP contribution >= 0.6 is 0 Å². The molecule has 0 bridgehead atoms. The van der Waals surface area contributed by atoms with Gasteiger partial charge in [-0.15, -0.1) is 0 Å². The van der Waals surface area contributed by atoms with Gasteiger partial charge in [0.1, 0.15) is 11.6 Å². The van der Waals surface area contributed by atoms with Crippen molar-refractivity contribution < 1.29 is 9.59 Å². The molecule has 0 heterocycles. The third-order valence-electron chi connectivity index (χ3n) is 1.55. The van der Waals surface area contributed by atoms with Crippen molar-refractivity contribution in [1.82, 2.24) is 0 Å². The normalized spacial score (nSPS) is 18.6. The monoisotopic (exact) mass is 158 g/mol. The zero-order valence-electron chi connectivity index (χ0n) is 5.52. The van der Waals surface area contributed by atoms with Crippen LogP contribution in [0.3, 0.4) is 0 Å². The molecule has 66 valence electrons. The van der Waals surface area contributed by atoms with E-state index in [2.05, 4.69) is 0 Å². The Morgan fingerprint density at radius 1 is 1.09 bits per heavy atom. The van der Waals surface area contributed by atoms with Crippen molar-refractivity contribution in [2.45, 2.75) is 41.0 Å². The highest BCUT2D eigenvalue weighted by atomic mass is 16.1. The zero-order valence-corrected chi connectivity index (χ0v) is 5.52. The van der Waals surface area contributed by atoms with E-state index < -0.39 is 0 Å². The molecule has 0 spiro atoms. The van der Waals surface area contributed by atoms with Gasteiger partial charge in [-0.1, -0.05) is 21.8 Å². The molecule has 0 N–H and O–H groups in total. The minimum atomic E-state index is 0. The average molecular weight is 158 g/mol. The van der Waals surface area contributed by atoms with Gasteiger partial charge in [-0.2, -0.15) is 0 Å². The topological polar surface area (TPSA) is 34.1 Å². The van der Waals surface area contributed by atoms with Crippen LogP contribution in [0.1, 0.15) is 41.0 Å². The van der Waals surface area contributed by atoms with Crippen molar-refractivity contribution in [3.8, 4) is 0 Å². The number of carbonyl (C=O) groups excluding carboxylic acids is 2. The molecule has 0 aromatic carbocycles. The van der Waals surface area contributed by atoms with Crippen molar-refractivity contribution in [3.05, 3.63) is 0 Å². The third-order valence-corrected chi connectivity index (χ3v) is 1.55. The predicted octanol–water partition coefficient (Wildman–Crippen LogP) is 2.22. The molecule has 0 aromatic rings. The molecule has 0 saturated heterocycles. The molecular formula is C9H18O2. The fraction of sp³-hybridized carbons (Fsp3) is 0.778. The fourth-order valence-corrected chi connectivity index (χ4v) is 1.21. The lowest BCUT2D eigenvalue weighted by Crippen LogP contribution is -2.20. The first-order chi connectivity index (χ1) is 4.18. The standard InChI is InChI=1S/C7H10O2.2CH4/c1-5-2-6(8)4-7(9)3-5;;/h5H,2-4H2,1H3;2*1H4.